The normalized spacial score (nSPS) is 11.5. The molecule has 0 radical (unpaired) electrons. The van der Waals surface area contributed by atoms with E-state index in [0.29, 0.717) is 6.29 Å². The van der Waals surface area contributed by atoms with Gasteiger partial charge >= 0.3 is 5.97 Å². The van der Waals surface area contributed by atoms with Gasteiger partial charge in [-0.1, -0.05) is 6.92 Å². The minimum Gasteiger partial charge on any atom is -0.493 e. The second-order valence-electron chi connectivity index (χ2n) is 3.79. The quantitative estimate of drug-likeness (QED) is 0.459. The van der Waals surface area contributed by atoms with E-state index in [4.69, 9.17) is 14.6 Å². The number of carboxylic acids is 1. The summed E-state index contributed by atoms with van der Waals surface area (Å²) in [7, 11) is 1.28. The lowest BCUT2D eigenvalue weighted by molar-refractivity contribution is -0.385. The summed E-state index contributed by atoms with van der Waals surface area (Å²) in [6, 6.07) is 2.11. The van der Waals surface area contributed by atoms with Crippen LogP contribution in [0.25, 0.3) is 0 Å². The summed E-state index contributed by atoms with van der Waals surface area (Å²) in [5, 5.41) is 19.8. The Hall–Kier alpha value is -2.64. The molecule has 20 heavy (non-hydrogen) atoms. The Labute approximate surface area is 114 Å². The predicted octanol–water partition coefficient (Wildman–Crippen LogP) is 1.66. The van der Waals surface area contributed by atoms with Crippen LogP contribution in [0.15, 0.2) is 12.1 Å². The number of carbonyl (C=O) groups is 2. The van der Waals surface area contributed by atoms with Crippen molar-refractivity contribution in [2.24, 2.45) is 0 Å². The van der Waals surface area contributed by atoms with Crippen molar-refractivity contribution in [3.8, 4) is 11.5 Å². The largest absolute Gasteiger partial charge is 0.493 e. The van der Waals surface area contributed by atoms with Crippen LogP contribution in [0.1, 0.15) is 23.7 Å². The van der Waals surface area contributed by atoms with Crippen LogP contribution in [0.3, 0.4) is 0 Å². The topological polar surface area (TPSA) is 116 Å². The van der Waals surface area contributed by atoms with E-state index < -0.39 is 22.7 Å². The molecule has 0 amide bonds. The maximum Gasteiger partial charge on any atom is 0.344 e. The molecule has 0 aliphatic heterocycles. The Morgan fingerprint density at radius 3 is 2.55 bits per heavy atom. The molecule has 108 valence electrons. The second-order valence-corrected chi connectivity index (χ2v) is 3.79. The molecule has 8 heteroatoms. The fourth-order valence-corrected chi connectivity index (χ4v) is 1.53. The number of carbonyl (C=O) groups excluding carboxylic acids is 1. The smallest absolute Gasteiger partial charge is 0.344 e. The lowest BCUT2D eigenvalue weighted by Crippen LogP contribution is -2.26. The van der Waals surface area contributed by atoms with Crippen molar-refractivity contribution < 1.29 is 29.1 Å². The summed E-state index contributed by atoms with van der Waals surface area (Å²) >= 11 is 0. The highest BCUT2D eigenvalue weighted by Gasteiger charge is 2.23. The highest BCUT2D eigenvalue weighted by atomic mass is 16.6. The first-order valence-corrected chi connectivity index (χ1v) is 5.65. The molecule has 1 unspecified atom stereocenters. The molecule has 1 aromatic rings. The van der Waals surface area contributed by atoms with Gasteiger partial charge in [0, 0.05) is 6.07 Å². The lowest BCUT2D eigenvalue weighted by Gasteiger charge is -2.15. The maximum atomic E-state index is 10.9. The van der Waals surface area contributed by atoms with Crippen molar-refractivity contribution in [3.63, 3.8) is 0 Å². The van der Waals surface area contributed by atoms with Gasteiger partial charge in [-0.3, -0.25) is 14.9 Å². The zero-order valence-corrected chi connectivity index (χ0v) is 10.9. The first-order chi connectivity index (χ1) is 9.44. The average molecular weight is 283 g/mol. The van der Waals surface area contributed by atoms with Crippen LogP contribution >= 0.6 is 0 Å². The Balaban J connectivity index is 3.30. The Bertz CT molecular complexity index is 541. The van der Waals surface area contributed by atoms with E-state index in [1.807, 2.05) is 0 Å². The van der Waals surface area contributed by atoms with Gasteiger partial charge in [0.05, 0.1) is 23.7 Å². The third-order valence-electron chi connectivity index (χ3n) is 2.55. The number of rotatable bonds is 7. The number of carboxylic acid groups (broad SMARTS) is 1. The third kappa shape index (κ3) is 3.22. The molecule has 1 atom stereocenters. The Morgan fingerprint density at radius 1 is 1.50 bits per heavy atom. The lowest BCUT2D eigenvalue weighted by atomic mass is 10.1. The van der Waals surface area contributed by atoms with E-state index in [1.54, 1.807) is 6.92 Å². The van der Waals surface area contributed by atoms with Crippen molar-refractivity contribution in [1.82, 2.24) is 0 Å². The van der Waals surface area contributed by atoms with Crippen molar-refractivity contribution in [2.45, 2.75) is 19.4 Å². The number of ether oxygens (including phenoxy) is 2. The van der Waals surface area contributed by atoms with Gasteiger partial charge in [0.15, 0.2) is 23.9 Å². The number of nitro benzene ring substituents is 1. The number of hydrogen-bond donors (Lipinski definition) is 1. The number of nitrogens with zero attached hydrogens (tertiary/aromatic N) is 1. The van der Waals surface area contributed by atoms with Crippen LogP contribution in [0.5, 0.6) is 11.5 Å². The molecular formula is C12H13NO7. The van der Waals surface area contributed by atoms with Gasteiger partial charge in [-0.25, -0.2) is 4.79 Å². The maximum absolute atomic E-state index is 10.9. The highest BCUT2D eigenvalue weighted by molar-refractivity contribution is 5.83. The van der Waals surface area contributed by atoms with Gasteiger partial charge < -0.3 is 14.6 Å². The molecule has 0 spiro atoms. The first kappa shape index (κ1) is 15.4. The molecule has 1 rings (SSSR count). The number of methoxy groups -OCH3 is 1. The van der Waals surface area contributed by atoms with Crippen LogP contribution in [0.2, 0.25) is 0 Å². The molecule has 8 nitrogen and oxygen atoms in total. The summed E-state index contributed by atoms with van der Waals surface area (Å²) in [6.45, 7) is 1.60. The van der Waals surface area contributed by atoms with Crippen LogP contribution in [-0.4, -0.2) is 35.5 Å². The fourth-order valence-electron chi connectivity index (χ4n) is 1.53. The molecular weight excluding hydrogens is 270 g/mol. The Kier molecular flexibility index (Phi) is 5.01. The molecule has 0 aliphatic rings. The van der Waals surface area contributed by atoms with Gasteiger partial charge in [-0.2, -0.15) is 0 Å². The van der Waals surface area contributed by atoms with Crippen molar-refractivity contribution in [1.29, 1.82) is 0 Å². The fraction of sp³-hybridized carbons (Fsp3) is 0.333. The van der Waals surface area contributed by atoms with Crippen LogP contribution in [-0.2, 0) is 4.79 Å². The number of aldehydes is 1. The molecule has 0 aromatic heterocycles. The van der Waals surface area contributed by atoms with Crippen LogP contribution < -0.4 is 9.47 Å². The molecule has 0 saturated heterocycles. The zero-order valence-electron chi connectivity index (χ0n) is 10.9. The minimum atomic E-state index is -1.20. The van der Waals surface area contributed by atoms with E-state index in [9.17, 15) is 19.7 Å². The summed E-state index contributed by atoms with van der Waals surface area (Å²) in [4.78, 5) is 31.8. The van der Waals surface area contributed by atoms with E-state index in [1.165, 1.54) is 7.11 Å². The van der Waals surface area contributed by atoms with Crippen LogP contribution in [0.4, 0.5) is 5.69 Å². The molecule has 0 bridgehead atoms. The van der Waals surface area contributed by atoms with Gasteiger partial charge in [0.2, 0.25) is 0 Å². The number of hydrogen-bond acceptors (Lipinski definition) is 6. The molecule has 0 aliphatic carbocycles. The Morgan fingerprint density at radius 2 is 2.15 bits per heavy atom. The average Bonchev–Trinajstić information content (AvgIpc) is 2.43. The van der Waals surface area contributed by atoms with E-state index in [2.05, 4.69) is 0 Å². The zero-order chi connectivity index (χ0) is 15.3. The van der Waals surface area contributed by atoms with E-state index in [-0.39, 0.29) is 23.5 Å². The van der Waals surface area contributed by atoms with Crippen molar-refractivity contribution >= 4 is 17.9 Å². The van der Waals surface area contributed by atoms with Crippen molar-refractivity contribution in [3.05, 3.63) is 27.8 Å². The number of benzene rings is 1. The molecule has 1 aromatic carbocycles. The van der Waals surface area contributed by atoms with Gasteiger partial charge in [0.25, 0.3) is 5.69 Å². The highest BCUT2D eigenvalue weighted by Crippen LogP contribution is 2.34. The monoisotopic (exact) mass is 283 g/mol. The molecule has 1 N–H and O–H groups in total. The second kappa shape index (κ2) is 6.50. The first-order valence-electron chi connectivity index (χ1n) is 5.65. The SMILES string of the molecule is CCC(Oc1cc([N+](=O)[O-])c(C=O)cc1OC)C(=O)O. The number of nitro groups is 1. The van der Waals surface area contributed by atoms with Gasteiger partial charge in [-0.15, -0.1) is 0 Å². The standard InChI is InChI=1S/C12H13NO7/c1-3-9(12(15)16)20-11-5-8(13(17)18)7(6-14)4-10(11)19-2/h4-6,9H,3H2,1-2H3,(H,15,16). The summed E-state index contributed by atoms with van der Waals surface area (Å²) in [6.07, 6.45) is -0.675. The van der Waals surface area contributed by atoms with E-state index in [0.717, 1.165) is 12.1 Å². The molecule has 0 fully saturated rings. The van der Waals surface area contributed by atoms with Gasteiger partial charge in [-0.05, 0) is 6.42 Å². The molecule has 0 saturated carbocycles. The van der Waals surface area contributed by atoms with Crippen LogP contribution in [0, 0.1) is 10.1 Å². The predicted molar refractivity (Wildman–Crippen MR) is 67.4 cm³/mol. The minimum absolute atomic E-state index is 0.0531. The summed E-state index contributed by atoms with van der Waals surface area (Å²) < 4.78 is 10.1. The van der Waals surface area contributed by atoms with Gasteiger partial charge in [0.1, 0.15) is 0 Å². The summed E-state index contributed by atoms with van der Waals surface area (Å²) in [5.74, 6) is -1.24. The number of aliphatic carboxylic acids is 1. The van der Waals surface area contributed by atoms with E-state index >= 15 is 0 Å². The molecule has 0 heterocycles. The van der Waals surface area contributed by atoms with Crippen molar-refractivity contribution in [2.75, 3.05) is 7.11 Å². The summed E-state index contributed by atoms with van der Waals surface area (Å²) in [5.41, 5.74) is -0.654. The third-order valence-corrected chi connectivity index (χ3v) is 2.55.